The van der Waals surface area contributed by atoms with Crippen molar-refractivity contribution in [2.75, 3.05) is 12.4 Å². The maximum atomic E-state index is 13.5. The molecule has 1 aliphatic carbocycles. The second-order valence-electron chi connectivity index (χ2n) is 12.2. The first-order valence-electron chi connectivity index (χ1n) is 15.5. The number of hydrogen-bond acceptors (Lipinski definition) is 9. The molecular weight excluding hydrogens is 630 g/mol. The van der Waals surface area contributed by atoms with E-state index >= 15 is 0 Å². The van der Waals surface area contributed by atoms with Gasteiger partial charge >= 0.3 is 18.0 Å². The number of amides is 1. The van der Waals surface area contributed by atoms with Crippen LogP contribution in [-0.4, -0.2) is 42.0 Å². The molecule has 0 aromatic heterocycles. The number of ether oxygens (including phenoxy) is 3. The number of carbonyl (C=O) groups excluding carboxylic acids is 3. The second-order valence-corrected chi connectivity index (χ2v) is 13.2. The van der Waals surface area contributed by atoms with Crippen molar-refractivity contribution in [3.05, 3.63) is 112 Å². The number of fused-ring (bicyclic) bond motifs is 2. The van der Waals surface area contributed by atoms with E-state index < -0.39 is 29.7 Å². The van der Waals surface area contributed by atoms with E-state index in [1.54, 1.807) is 70.2 Å². The summed E-state index contributed by atoms with van der Waals surface area (Å²) >= 11 is 1.47. The predicted octanol–water partition coefficient (Wildman–Crippen LogP) is 7.78. The molecule has 9 nitrogen and oxygen atoms in total. The van der Waals surface area contributed by atoms with Crippen molar-refractivity contribution >= 4 is 40.8 Å². The fraction of sp³-hybridized carbons (Fsp3) is 0.263. The van der Waals surface area contributed by atoms with Crippen LogP contribution >= 0.6 is 11.8 Å². The highest BCUT2D eigenvalue weighted by Crippen LogP contribution is 2.42. The summed E-state index contributed by atoms with van der Waals surface area (Å²) in [5, 5.41) is 3.28. The molecule has 0 radical (unpaired) electrons. The third-order valence-corrected chi connectivity index (χ3v) is 8.33. The van der Waals surface area contributed by atoms with Gasteiger partial charge in [-0.3, -0.25) is 4.79 Å². The Morgan fingerprint density at radius 2 is 1.67 bits per heavy atom. The molecule has 2 aliphatic rings. The summed E-state index contributed by atoms with van der Waals surface area (Å²) in [7, 11) is 0. The van der Waals surface area contributed by atoms with Crippen molar-refractivity contribution in [3.63, 3.8) is 0 Å². The lowest BCUT2D eigenvalue weighted by molar-refractivity contribution is -0.136. The van der Waals surface area contributed by atoms with E-state index in [2.05, 4.69) is 5.32 Å². The van der Waals surface area contributed by atoms with Crippen LogP contribution in [0.25, 0.3) is 33.4 Å². The molecule has 3 aromatic rings. The van der Waals surface area contributed by atoms with Gasteiger partial charge in [0, 0.05) is 40.2 Å². The van der Waals surface area contributed by atoms with Crippen molar-refractivity contribution in [2.45, 2.75) is 52.0 Å². The van der Waals surface area contributed by atoms with E-state index in [0.29, 0.717) is 44.7 Å². The first-order chi connectivity index (χ1) is 22.9. The Labute approximate surface area is 282 Å². The number of alkyl carbamates (subject to hydrolysis) is 1. The van der Waals surface area contributed by atoms with E-state index in [1.807, 2.05) is 37.3 Å². The quantitative estimate of drug-likeness (QED) is 0.0904. The third kappa shape index (κ3) is 8.43. The zero-order valence-electron chi connectivity index (χ0n) is 27.5. The number of carbonyl (C=O) groups is 3. The predicted molar refractivity (Wildman–Crippen MR) is 187 cm³/mol. The summed E-state index contributed by atoms with van der Waals surface area (Å²) in [4.78, 5) is 51.5. The summed E-state index contributed by atoms with van der Waals surface area (Å²) in [5.74, 6) is 0.147. The lowest BCUT2D eigenvalue weighted by Gasteiger charge is -2.23. The zero-order chi connectivity index (χ0) is 34.4. The minimum atomic E-state index is -1.02. The molecule has 0 saturated heterocycles. The van der Waals surface area contributed by atoms with Crippen LogP contribution < -0.4 is 15.5 Å². The van der Waals surface area contributed by atoms with Gasteiger partial charge in [-0.15, -0.1) is 0 Å². The van der Waals surface area contributed by atoms with Crippen molar-refractivity contribution in [3.8, 4) is 28.2 Å². The first-order valence-corrected chi connectivity index (χ1v) is 16.7. The van der Waals surface area contributed by atoms with E-state index in [4.69, 9.17) is 18.6 Å². The van der Waals surface area contributed by atoms with Crippen LogP contribution in [0.5, 0.6) is 5.75 Å². The number of benzene rings is 4. The molecule has 0 spiro atoms. The van der Waals surface area contributed by atoms with Crippen molar-refractivity contribution in [1.29, 1.82) is 0 Å². The number of rotatable bonds is 10. The van der Waals surface area contributed by atoms with E-state index in [1.165, 1.54) is 23.9 Å². The van der Waals surface area contributed by atoms with Gasteiger partial charge in [0.15, 0.2) is 5.43 Å². The molecule has 0 fully saturated rings. The molecular formula is C38H37NO8S. The summed E-state index contributed by atoms with van der Waals surface area (Å²) in [6, 6.07) is 23.5. The molecule has 248 valence electrons. The van der Waals surface area contributed by atoms with Crippen LogP contribution in [0.15, 0.2) is 94.1 Å². The van der Waals surface area contributed by atoms with Gasteiger partial charge in [-0.25, -0.2) is 14.4 Å². The molecule has 1 atom stereocenters. The Hall–Kier alpha value is -5.09. The number of aryl methyl sites for hydroxylation is 1. The topological polar surface area (TPSA) is 121 Å². The van der Waals surface area contributed by atoms with Gasteiger partial charge in [0.05, 0.1) is 12.2 Å². The lowest BCUT2D eigenvalue weighted by atomic mass is 9.91. The standard InChI is InChI=1S/C38H37NO8S/c1-6-44-35(41)28-10-8-7-9-27(28)34-29-17-15-25(40)19-32(29)46-33-20-26(16-18-30(33)34)45-36(42)31(39-37(43)47-38(3,4)5)22-48-21-24-13-11-23(2)12-14-24/h7-20,31H,6,21-22H2,1-5H3,(H,39,43)/t31-/m0/s1. The molecule has 48 heavy (non-hydrogen) atoms. The van der Waals surface area contributed by atoms with Crippen molar-refractivity contribution in [1.82, 2.24) is 5.32 Å². The zero-order valence-corrected chi connectivity index (χ0v) is 28.3. The van der Waals surface area contributed by atoms with Crippen LogP contribution in [-0.2, 0) is 20.0 Å². The summed E-state index contributed by atoms with van der Waals surface area (Å²) < 4.78 is 22.7. The fourth-order valence-corrected chi connectivity index (χ4v) is 6.08. The lowest BCUT2D eigenvalue weighted by Crippen LogP contribution is -2.46. The van der Waals surface area contributed by atoms with Crippen LogP contribution in [0.2, 0.25) is 0 Å². The molecule has 10 heteroatoms. The molecule has 1 aliphatic heterocycles. The molecule has 0 bridgehead atoms. The molecule has 0 saturated carbocycles. The molecule has 1 amide bonds. The average Bonchev–Trinajstić information content (AvgIpc) is 3.03. The second kappa shape index (κ2) is 14.8. The maximum Gasteiger partial charge on any atom is 0.408 e. The van der Waals surface area contributed by atoms with E-state index in [0.717, 1.165) is 11.1 Å². The van der Waals surface area contributed by atoms with E-state index in [9.17, 15) is 19.2 Å². The number of thioether (sulfide) groups is 1. The molecule has 5 rings (SSSR count). The third-order valence-electron chi connectivity index (χ3n) is 7.22. The van der Waals surface area contributed by atoms with Gasteiger partial charge < -0.3 is 23.9 Å². The summed E-state index contributed by atoms with van der Waals surface area (Å²) in [6.45, 7) is 9.18. The van der Waals surface area contributed by atoms with Crippen molar-refractivity contribution in [2.24, 2.45) is 0 Å². The Morgan fingerprint density at radius 1 is 0.917 bits per heavy atom. The Bertz CT molecular complexity index is 1980. The van der Waals surface area contributed by atoms with Crippen molar-refractivity contribution < 1.29 is 33.0 Å². The van der Waals surface area contributed by atoms with Gasteiger partial charge in [0.1, 0.15) is 28.7 Å². The Morgan fingerprint density at radius 3 is 2.40 bits per heavy atom. The minimum absolute atomic E-state index is 0.165. The smallest absolute Gasteiger partial charge is 0.408 e. The van der Waals surface area contributed by atoms with Crippen LogP contribution in [0.4, 0.5) is 4.79 Å². The van der Waals surface area contributed by atoms with Gasteiger partial charge in [-0.1, -0.05) is 48.0 Å². The monoisotopic (exact) mass is 667 g/mol. The van der Waals surface area contributed by atoms with Crippen LogP contribution in [0, 0.1) is 6.92 Å². The van der Waals surface area contributed by atoms with Gasteiger partial charge in [0.25, 0.3) is 0 Å². The SMILES string of the molecule is CCOC(=O)c1ccccc1-c1c2ccc(=O)cc-2oc2cc(OC(=O)[C@H](CSCc3ccc(C)cc3)NC(=O)OC(C)(C)C)ccc12. The fourth-order valence-electron chi connectivity index (χ4n) is 5.08. The van der Waals surface area contributed by atoms with E-state index in [-0.39, 0.29) is 23.5 Å². The van der Waals surface area contributed by atoms with Gasteiger partial charge in [0.2, 0.25) is 0 Å². The highest BCUT2D eigenvalue weighted by Gasteiger charge is 2.27. The summed E-state index contributed by atoms with van der Waals surface area (Å²) in [6.07, 6.45) is -0.737. The number of nitrogens with one attached hydrogen (secondary N) is 1. The largest absolute Gasteiger partial charge is 0.462 e. The highest BCUT2D eigenvalue weighted by atomic mass is 32.2. The first kappa shape index (κ1) is 34.3. The van der Waals surface area contributed by atoms with Crippen LogP contribution in [0.1, 0.15) is 49.2 Å². The van der Waals surface area contributed by atoms with Gasteiger partial charge in [-0.2, -0.15) is 11.8 Å². The minimum Gasteiger partial charge on any atom is -0.462 e. The molecule has 3 aromatic carbocycles. The molecule has 1 N–H and O–H groups in total. The number of esters is 2. The number of hydrogen-bond donors (Lipinski definition) is 1. The Kier molecular flexibility index (Phi) is 10.5. The molecule has 1 heterocycles. The highest BCUT2D eigenvalue weighted by molar-refractivity contribution is 7.98. The Balaban J connectivity index is 1.48. The summed E-state index contributed by atoms with van der Waals surface area (Å²) in [5.41, 5.74) is 3.76. The normalized spacial score (nSPS) is 12.0. The maximum absolute atomic E-state index is 13.5. The van der Waals surface area contributed by atoms with Gasteiger partial charge in [-0.05, 0) is 76.1 Å². The molecule has 0 unspecified atom stereocenters. The van der Waals surface area contributed by atoms with Crippen LogP contribution in [0.3, 0.4) is 0 Å². The average molecular weight is 668 g/mol.